The number of hydrogen-bond acceptors (Lipinski definition) is 4. The summed E-state index contributed by atoms with van der Waals surface area (Å²) in [7, 11) is 2.24. The van der Waals surface area contributed by atoms with Gasteiger partial charge in [0.05, 0.1) is 6.54 Å². The first-order valence-electron chi connectivity index (χ1n) is 8.01. The van der Waals surface area contributed by atoms with Gasteiger partial charge in [-0.05, 0) is 45.3 Å². The van der Waals surface area contributed by atoms with E-state index < -0.39 is 0 Å². The van der Waals surface area contributed by atoms with E-state index in [2.05, 4.69) is 57.0 Å². The Balaban J connectivity index is 1.59. The standard InChI is InChI=1S/C17H24N4S/c1-14-18-19-17(21(14)13-15-7-4-3-5-8-15)22-12-10-16-9-6-11-20(16)2/h3-5,7-8,16H,6,9-13H2,1-2H3. The third-order valence-electron chi connectivity index (χ3n) is 4.44. The van der Waals surface area contributed by atoms with Crippen LogP contribution in [-0.4, -0.2) is 45.1 Å². The zero-order chi connectivity index (χ0) is 15.4. The van der Waals surface area contributed by atoms with Gasteiger partial charge in [-0.1, -0.05) is 42.1 Å². The molecule has 1 atom stereocenters. The Morgan fingerprint density at radius 3 is 2.77 bits per heavy atom. The van der Waals surface area contributed by atoms with Crippen molar-refractivity contribution in [3.05, 3.63) is 41.7 Å². The van der Waals surface area contributed by atoms with Crippen LogP contribution in [0.15, 0.2) is 35.5 Å². The van der Waals surface area contributed by atoms with Gasteiger partial charge in [0, 0.05) is 11.8 Å². The molecule has 1 aromatic carbocycles. The predicted octanol–water partition coefficient (Wildman–Crippen LogP) is 3.21. The third kappa shape index (κ3) is 3.70. The van der Waals surface area contributed by atoms with E-state index in [1.165, 1.54) is 31.4 Å². The molecule has 4 nitrogen and oxygen atoms in total. The molecule has 1 saturated heterocycles. The van der Waals surface area contributed by atoms with Crippen LogP contribution in [0.25, 0.3) is 0 Å². The fraction of sp³-hybridized carbons (Fsp3) is 0.529. The van der Waals surface area contributed by atoms with Crippen LogP contribution in [0.1, 0.15) is 30.7 Å². The largest absolute Gasteiger partial charge is 0.303 e. The molecule has 22 heavy (non-hydrogen) atoms. The molecular formula is C17H24N4S. The van der Waals surface area contributed by atoms with Crippen LogP contribution < -0.4 is 0 Å². The van der Waals surface area contributed by atoms with Gasteiger partial charge in [0.15, 0.2) is 5.16 Å². The summed E-state index contributed by atoms with van der Waals surface area (Å²) in [6, 6.07) is 11.3. The number of aryl methyl sites for hydroxylation is 1. The van der Waals surface area contributed by atoms with Crippen LogP contribution in [-0.2, 0) is 6.54 Å². The number of thioether (sulfide) groups is 1. The molecule has 1 aliphatic rings. The van der Waals surface area contributed by atoms with Crippen LogP contribution in [0.3, 0.4) is 0 Å². The summed E-state index contributed by atoms with van der Waals surface area (Å²) in [6.07, 6.45) is 3.92. The highest BCUT2D eigenvalue weighted by atomic mass is 32.2. The second-order valence-electron chi connectivity index (χ2n) is 6.02. The van der Waals surface area contributed by atoms with Gasteiger partial charge in [0.2, 0.25) is 0 Å². The SMILES string of the molecule is Cc1nnc(SCCC2CCCN2C)n1Cc1ccccc1. The quantitative estimate of drug-likeness (QED) is 0.766. The van der Waals surface area contributed by atoms with Gasteiger partial charge in [-0.2, -0.15) is 0 Å². The lowest BCUT2D eigenvalue weighted by molar-refractivity contribution is 0.305. The number of rotatable bonds is 6. The van der Waals surface area contributed by atoms with Gasteiger partial charge in [-0.15, -0.1) is 10.2 Å². The van der Waals surface area contributed by atoms with E-state index in [4.69, 9.17) is 0 Å². The summed E-state index contributed by atoms with van der Waals surface area (Å²) in [6.45, 7) is 4.13. The molecule has 1 aromatic heterocycles. The first-order valence-corrected chi connectivity index (χ1v) is 8.99. The number of likely N-dealkylation sites (tertiary alicyclic amines) is 1. The Kier molecular flexibility index (Phi) is 5.16. The molecule has 1 unspecified atom stereocenters. The molecular weight excluding hydrogens is 292 g/mol. The molecule has 0 N–H and O–H groups in total. The molecule has 5 heteroatoms. The van der Waals surface area contributed by atoms with E-state index >= 15 is 0 Å². The van der Waals surface area contributed by atoms with E-state index in [1.807, 2.05) is 18.7 Å². The topological polar surface area (TPSA) is 34.0 Å². The van der Waals surface area contributed by atoms with Crippen LogP contribution >= 0.6 is 11.8 Å². The van der Waals surface area contributed by atoms with Crippen molar-refractivity contribution in [3.8, 4) is 0 Å². The highest BCUT2D eigenvalue weighted by Gasteiger charge is 2.20. The highest BCUT2D eigenvalue weighted by Crippen LogP contribution is 2.24. The van der Waals surface area contributed by atoms with E-state index in [1.54, 1.807) is 0 Å². The lowest BCUT2D eigenvalue weighted by atomic mass is 10.2. The molecule has 118 valence electrons. The van der Waals surface area contributed by atoms with Crippen molar-refractivity contribution < 1.29 is 0 Å². The molecule has 0 radical (unpaired) electrons. The van der Waals surface area contributed by atoms with Crippen LogP contribution in [0, 0.1) is 6.92 Å². The number of aromatic nitrogens is 3. The maximum atomic E-state index is 4.36. The minimum atomic E-state index is 0.749. The fourth-order valence-corrected chi connectivity index (χ4v) is 4.07. The summed E-state index contributed by atoms with van der Waals surface area (Å²) in [4.78, 5) is 2.49. The first kappa shape index (κ1) is 15.6. The Morgan fingerprint density at radius 1 is 1.23 bits per heavy atom. The van der Waals surface area contributed by atoms with Crippen molar-refractivity contribution in [2.75, 3.05) is 19.3 Å². The highest BCUT2D eigenvalue weighted by molar-refractivity contribution is 7.99. The molecule has 0 aliphatic carbocycles. The van der Waals surface area contributed by atoms with Gasteiger partial charge >= 0.3 is 0 Å². The van der Waals surface area contributed by atoms with E-state index in [0.29, 0.717) is 0 Å². The molecule has 0 saturated carbocycles. The normalized spacial score (nSPS) is 18.9. The molecule has 2 heterocycles. The molecule has 3 rings (SSSR count). The van der Waals surface area contributed by atoms with Crippen molar-refractivity contribution >= 4 is 11.8 Å². The van der Waals surface area contributed by atoms with Gasteiger partial charge in [0.25, 0.3) is 0 Å². The van der Waals surface area contributed by atoms with E-state index in [0.717, 1.165) is 29.3 Å². The second-order valence-corrected chi connectivity index (χ2v) is 7.08. The Bertz CT molecular complexity index is 596. The van der Waals surface area contributed by atoms with Gasteiger partial charge < -0.3 is 9.47 Å². The van der Waals surface area contributed by atoms with Gasteiger partial charge in [-0.25, -0.2) is 0 Å². The second kappa shape index (κ2) is 7.29. The lowest BCUT2D eigenvalue weighted by Crippen LogP contribution is -2.25. The zero-order valence-electron chi connectivity index (χ0n) is 13.4. The van der Waals surface area contributed by atoms with E-state index in [-0.39, 0.29) is 0 Å². The zero-order valence-corrected chi connectivity index (χ0v) is 14.2. The summed E-state index contributed by atoms with van der Waals surface area (Å²) in [5.41, 5.74) is 1.29. The van der Waals surface area contributed by atoms with Crippen LogP contribution in [0.2, 0.25) is 0 Å². The van der Waals surface area contributed by atoms with Crippen molar-refractivity contribution in [2.45, 2.75) is 43.9 Å². The molecule has 0 amide bonds. The Hall–Kier alpha value is -1.33. The number of benzene rings is 1. The summed E-state index contributed by atoms with van der Waals surface area (Å²) >= 11 is 1.84. The van der Waals surface area contributed by atoms with Crippen molar-refractivity contribution in [1.29, 1.82) is 0 Å². The average Bonchev–Trinajstić information content (AvgIpc) is 3.09. The predicted molar refractivity (Wildman–Crippen MR) is 91.3 cm³/mol. The summed E-state index contributed by atoms with van der Waals surface area (Å²) in [5, 5.41) is 9.66. The maximum Gasteiger partial charge on any atom is 0.191 e. The van der Waals surface area contributed by atoms with E-state index in [9.17, 15) is 0 Å². The third-order valence-corrected chi connectivity index (χ3v) is 5.44. The summed E-state index contributed by atoms with van der Waals surface area (Å²) in [5.74, 6) is 2.10. The maximum absolute atomic E-state index is 4.36. The number of nitrogens with zero attached hydrogens (tertiary/aromatic N) is 4. The molecule has 0 bridgehead atoms. The number of hydrogen-bond donors (Lipinski definition) is 0. The molecule has 1 aliphatic heterocycles. The van der Waals surface area contributed by atoms with Crippen molar-refractivity contribution in [2.24, 2.45) is 0 Å². The minimum absolute atomic E-state index is 0.749. The van der Waals surface area contributed by atoms with Crippen LogP contribution in [0.4, 0.5) is 0 Å². The van der Waals surface area contributed by atoms with Crippen molar-refractivity contribution in [1.82, 2.24) is 19.7 Å². The molecule has 2 aromatic rings. The first-order chi connectivity index (χ1) is 10.7. The Labute approximate surface area is 136 Å². The average molecular weight is 316 g/mol. The monoisotopic (exact) mass is 316 g/mol. The van der Waals surface area contributed by atoms with Gasteiger partial charge in [-0.3, -0.25) is 0 Å². The van der Waals surface area contributed by atoms with Crippen LogP contribution in [0.5, 0.6) is 0 Å². The molecule has 1 fully saturated rings. The lowest BCUT2D eigenvalue weighted by Gasteiger charge is -2.18. The summed E-state index contributed by atoms with van der Waals surface area (Å²) < 4.78 is 2.22. The Morgan fingerprint density at radius 2 is 2.05 bits per heavy atom. The molecule has 0 spiro atoms. The minimum Gasteiger partial charge on any atom is -0.303 e. The van der Waals surface area contributed by atoms with Crippen molar-refractivity contribution in [3.63, 3.8) is 0 Å². The van der Waals surface area contributed by atoms with Gasteiger partial charge in [0.1, 0.15) is 5.82 Å². The smallest absolute Gasteiger partial charge is 0.191 e. The fourth-order valence-electron chi connectivity index (χ4n) is 3.05.